The van der Waals surface area contributed by atoms with Gasteiger partial charge in [0.15, 0.2) is 5.92 Å². The number of ether oxygens (including phenoxy) is 1. The molecule has 0 aliphatic heterocycles. The van der Waals surface area contributed by atoms with E-state index in [2.05, 4.69) is 0 Å². The Hall–Kier alpha value is -3.14. The van der Waals surface area contributed by atoms with Gasteiger partial charge in [-0.25, -0.2) is 4.79 Å². The van der Waals surface area contributed by atoms with Gasteiger partial charge < -0.3 is 15.0 Å². The molecule has 1 aromatic carbocycles. The predicted octanol–water partition coefficient (Wildman–Crippen LogP) is 1.29. The predicted molar refractivity (Wildman–Crippen MR) is 87.4 cm³/mol. The molecule has 0 saturated heterocycles. The quantitative estimate of drug-likeness (QED) is 0.831. The molecule has 2 N–H and O–H groups in total. The van der Waals surface area contributed by atoms with Crippen molar-refractivity contribution in [3.8, 4) is 6.07 Å². The topological polar surface area (TPSA) is 115 Å². The Kier molecular flexibility index (Phi) is 4.99. The third-order valence-electron chi connectivity index (χ3n) is 3.71. The SMILES string of the molecule is CCOC(=O)c1c([C@@H](C#N)C(N)=O)c2ccccc2n(CC)c1=O. The van der Waals surface area contributed by atoms with Crippen LogP contribution >= 0.6 is 0 Å². The van der Waals surface area contributed by atoms with Gasteiger partial charge in [-0.2, -0.15) is 5.26 Å². The molecule has 1 aromatic heterocycles. The lowest BCUT2D eigenvalue weighted by atomic mass is 9.91. The zero-order valence-electron chi connectivity index (χ0n) is 13.4. The molecule has 2 aromatic rings. The van der Waals surface area contributed by atoms with Crippen LogP contribution in [0.2, 0.25) is 0 Å². The van der Waals surface area contributed by atoms with Crippen molar-refractivity contribution in [1.82, 2.24) is 4.57 Å². The van der Waals surface area contributed by atoms with Crippen molar-refractivity contribution >= 4 is 22.8 Å². The average molecular weight is 327 g/mol. The summed E-state index contributed by atoms with van der Waals surface area (Å²) in [5, 5.41) is 9.80. The molecule has 24 heavy (non-hydrogen) atoms. The van der Waals surface area contributed by atoms with Crippen LogP contribution in [0, 0.1) is 11.3 Å². The van der Waals surface area contributed by atoms with Crippen LogP contribution < -0.4 is 11.3 Å². The van der Waals surface area contributed by atoms with Crippen LogP contribution in [0.1, 0.15) is 35.7 Å². The van der Waals surface area contributed by atoms with E-state index in [1.807, 2.05) is 0 Å². The number of pyridine rings is 1. The maximum Gasteiger partial charge on any atom is 0.344 e. The zero-order valence-corrected chi connectivity index (χ0v) is 13.4. The summed E-state index contributed by atoms with van der Waals surface area (Å²) in [6.07, 6.45) is 0. The molecule has 0 aliphatic rings. The highest BCUT2D eigenvalue weighted by molar-refractivity contribution is 6.02. The van der Waals surface area contributed by atoms with E-state index in [1.54, 1.807) is 44.2 Å². The first-order valence-electron chi connectivity index (χ1n) is 7.49. The third kappa shape index (κ3) is 2.74. The highest BCUT2D eigenvalue weighted by atomic mass is 16.5. The van der Waals surface area contributed by atoms with Gasteiger partial charge in [0.25, 0.3) is 5.56 Å². The highest BCUT2D eigenvalue weighted by Crippen LogP contribution is 2.28. The monoisotopic (exact) mass is 327 g/mol. The summed E-state index contributed by atoms with van der Waals surface area (Å²) in [7, 11) is 0. The third-order valence-corrected chi connectivity index (χ3v) is 3.71. The number of aryl methyl sites for hydroxylation is 1. The van der Waals surface area contributed by atoms with Crippen LogP contribution in [0.15, 0.2) is 29.1 Å². The first kappa shape index (κ1) is 17.2. The fourth-order valence-electron chi connectivity index (χ4n) is 2.72. The Morgan fingerprint density at radius 3 is 2.54 bits per heavy atom. The van der Waals surface area contributed by atoms with E-state index in [0.29, 0.717) is 17.4 Å². The summed E-state index contributed by atoms with van der Waals surface area (Å²) >= 11 is 0. The number of primary amides is 1. The minimum atomic E-state index is -1.42. The van der Waals surface area contributed by atoms with Gasteiger partial charge in [0.2, 0.25) is 5.91 Å². The molecule has 0 aliphatic carbocycles. The van der Waals surface area contributed by atoms with Gasteiger partial charge in [0.1, 0.15) is 5.56 Å². The van der Waals surface area contributed by atoms with Crippen LogP contribution in [0.5, 0.6) is 0 Å². The highest BCUT2D eigenvalue weighted by Gasteiger charge is 2.30. The Morgan fingerprint density at radius 2 is 2.00 bits per heavy atom. The van der Waals surface area contributed by atoms with E-state index in [-0.39, 0.29) is 17.7 Å². The Labute approximate surface area is 138 Å². The molecular formula is C17H17N3O4. The van der Waals surface area contributed by atoms with E-state index >= 15 is 0 Å². The second-order valence-electron chi connectivity index (χ2n) is 5.04. The number of rotatable bonds is 5. The van der Waals surface area contributed by atoms with Gasteiger partial charge >= 0.3 is 5.97 Å². The maximum absolute atomic E-state index is 12.8. The first-order valence-corrected chi connectivity index (χ1v) is 7.49. The first-order chi connectivity index (χ1) is 11.5. The Balaban J connectivity index is 3.03. The summed E-state index contributed by atoms with van der Waals surface area (Å²) in [6.45, 7) is 3.75. The molecule has 0 fully saturated rings. The summed E-state index contributed by atoms with van der Waals surface area (Å²) in [6, 6.07) is 8.54. The minimum Gasteiger partial charge on any atom is -0.462 e. The largest absolute Gasteiger partial charge is 0.462 e. The Bertz CT molecular complexity index is 908. The zero-order chi connectivity index (χ0) is 17.9. The van der Waals surface area contributed by atoms with Crippen molar-refractivity contribution in [1.29, 1.82) is 5.26 Å². The second kappa shape index (κ2) is 6.96. The van der Waals surface area contributed by atoms with Gasteiger partial charge in [0, 0.05) is 17.5 Å². The number of amides is 1. The minimum absolute atomic E-state index is 0.00810. The molecule has 0 spiro atoms. The van der Waals surface area contributed by atoms with Gasteiger partial charge in [-0.3, -0.25) is 9.59 Å². The van der Waals surface area contributed by atoms with Crippen LogP contribution in [-0.2, 0) is 16.1 Å². The van der Waals surface area contributed by atoms with Crippen LogP contribution in [0.4, 0.5) is 0 Å². The molecule has 1 amide bonds. The molecule has 1 heterocycles. The lowest BCUT2D eigenvalue weighted by Gasteiger charge is -2.17. The standard InChI is InChI=1S/C17H17N3O4/c1-3-20-12-8-6-5-7-10(12)13(11(9-18)15(19)21)14(16(20)22)17(23)24-4-2/h5-8,11H,3-4H2,1-2H3,(H2,19,21)/t11-/m1/s1. The molecule has 0 saturated carbocycles. The number of hydrogen-bond donors (Lipinski definition) is 1. The number of aromatic nitrogens is 1. The van der Waals surface area contributed by atoms with Crippen molar-refractivity contribution in [3.05, 3.63) is 45.7 Å². The van der Waals surface area contributed by atoms with Gasteiger partial charge in [-0.05, 0) is 19.9 Å². The molecule has 0 unspecified atom stereocenters. The number of fused-ring (bicyclic) bond motifs is 1. The van der Waals surface area contributed by atoms with E-state index in [0.717, 1.165) is 0 Å². The van der Waals surface area contributed by atoms with E-state index < -0.39 is 23.4 Å². The number of carbonyl (C=O) groups excluding carboxylic acids is 2. The number of nitrogens with zero attached hydrogens (tertiary/aromatic N) is 2. The Morgan fingerprint density at radius 1 is 1.33 bits per heavy atom. The molecule has 0 bridgehead atoms. The fourth-order valence-corrected chi connectivity index (χ4v) is 2.72. The number of hydrogen-bond acceptors (Lipinski definition) is 5. The smallest absolute Gasteiger partial charge is 0.344 e. The maximum atomic E-state index is 12.8. The molecule has 0 radical (unpaired) electrons. The number of para-hydroxylation sites is 1. The normalized spacial score (nSPS) is 11.7. The van der Waals surface area contributed by atoms with Gasteiger partial charge in [0.05, 0.1) is 18.2 Å². The van der Waals surface area contributed by atoms with Crippen molar-refractivity contribution in [2.24, 2.45) is 5.73 Å². The molecular weight excluding hydrogens is 310 g/mol. The summed E-state index contributed by atoms with van der Waals surface area (Å²) in [5.41, 5.74) is 4.92. The van der Waals surface area contributed by atoms with Gasteiger partial charge in [-0.1, -0.05) is 18.2 Å². The summed E-state index contributed by atoms with van der Waals surface area (Å²) < 4.78 is 6.36. The van der Waals surface area contributed by atoms with E-state index in [9.17, 15) is 19.6 Å². The second-order valence-corrected chi connectivity index (χ2v) is 5.04. The van der Waals surface area contributed by atoms with Gasteiger partial charge in [-0.15, -0.1) is 0 Å². The molecule has 7 nitrogen and oxygen atoms in total. The number of carbonyl (C=O) groups is 2. The van der Waals surface area contributed by atoms with Crippen LogP contribution in [0.25, 0.3) is 10.9 Å². The number of benzene rings is 1. The lowest BCUT2D eigenvalue weighted by molar-refractivity contribution is -0.118. The molecule has 124 valence electrons. The van der Waals surface area contributed by atoms with Crippen molar-refractivity contribution in [2.75, 3.05) is 6.61 Å². The van der Waals surface area contributed by atoms with Crippen molar-refractivity contribution in [2.45, 2.75) is 26.3 Å². The summed E-state index contributed by atoms with van der Waals surface area (Å²) in [5.74, 6) is -3.22. The molecule has 7 heteroatoms. The lowest BCUT2D eigenvalue weighted by Crippen LogP contribution is -2.32. The van der Waals surface area contributed by atoms with Crippen molar-refractivity contribution < 1.29 is 14.3 Å². The van der Waals surface area contributed by atoms with Crippen LogP contribution in [0.3, 0.4) is 0 Å². The average Bonchev–Trinajstić information content (AvgIpc) is 2.55. The fraction of sp³-hybridized carbons (Fsp3) is 0.294. The number of nitriles is 1. The van der Waals surface area contributed by atoms with Crippen LogP contribution in [-0.4, -0.2) is 23.1 Å². The number of esters is 1. The van der Waals surface area contributed by atoms with E-state index in [4.69, 9.17) is 10.5 Å². The number of nitrogens with two attached hydrogens (primary N) is 1. The molecule has 1 atom stereocenters. The van der Waals surface area contributed by atoms with E-state index in [1.165, 1.54) is 4.57 Å². The van der Waals surface area contributed by atoms with Crippen molar-refractivity contribution in [3.63, 3.8) is 0 Å². The summed E-state index contributed by atoms with van der Waals surface area (Å²) in [4.78, 5) is 36.9. The molecule has 2 rings (SSSR count).